The van der Waals surface area contributed by atoms with Crippen molar-refractivity contribution in [1.82, 2.24) is 15.6 Å². The van der Waals surface area contributed by atoms with Gasteiger partial charge < -0.3 is 0 Å². The highest BCUT2D eigenvalue weighted by molar-refractivity contribution is 6.41. The minimum absolute atomic E-state index is 0.313. The molecule has 0 aliphatic carbocycles. The van der Waals surface area contributed by atoms with Crippen molar-refractivity contribution in [1.29, 1.82) is 0 Å². The Hall–Kier alpha value is -3.70. The van der Waals surface area contributed by atoms with Crippen molar-refractivity contribution in [3.05, 3.63) is 95.2 Å². The molecule has 0 saturated carbocycles. The second kappa shape index (κ2) is 8.54. The third-order valence-corrected chi connectivity index (χ3v) is 4.53. The van der Waals surface area contributed by atoms with E-state index < -0.39 is 5.91 Å². The molecule has 5 nitrogen and oxygen atoms in total. The zero-order chi connectivity index (χ0) is 20.1. The summed E-state index contributed by atoms with van der Waals surface area (Å²) < 4.78 is 0. The van der Waals surface area contributed by atoms with Crippen LogP contribution in [0, 0.1) is 0 Å². The number of fused-ring (bicyclic) bond motifs is 1. The number of rotatable bonds is 5. The second-order valence-electron chi connectivity index (χ2n) is 6.37. The number of hydrogen-bond donors (Lipinski definition) is 2. The van der Waals surface area contributed by atoms with E-state index in [1.54, 1.807) is 12.1 Å². The maximum atomic E-state index is 12.3. The molecule has 1 heterocycles. The lowest BCUT2D eigenvalue weighted by Gasteiger charge is -2.00. The lowest BCUT2D eigenvalue weighted by molar-refractivity contribution is 0.0950. The number of H-pyrrole nitrogens is 1. The lowest BCUT2D eigenvalue weighted by atomic mass is 10.1. The fourth-order valence-corrected chi connectivity index (χ4v) is 3.07. The lowest BCUT2D eigenvalue weighted by Crippen LogP contribution is -2.17. The first-order chi connectivity index (χ1) is 14.2. The molecule has 29 heavy (non-hydrogen) atoms. The van der Waals surface area contributed by atoms with Gasteiger partial charge in [0.1, 0.15) is 5.69 Å². The van der Waals surface area contributed by atoms with Gasteiger partial charge in [-0.15, -0.1) is 0 Å². The van der Waals surface area contributed by atoms with E-state index >= 15 is 0 Å². The number of carbonyl (C=O) groups excluding carboxylic acids is 1. The van der Waals surface area contributed by atoms with Gasteiger partial charge in [0.05, 0.1) is 16.9 Å². The van der Waals surface area contributed by atoms with E-state index in [9.17, 15) is 4.79 Å². The highest BCUT2D eigenvalue weighted by Crippen LogP contribution is 2.23. The molecule has 0 aliphatic rings. The Morgan fingerprint density at radius 1 is 0.966 bits per heavy atom. The topological polar surface area (TPSA) is 70.1 Å². The molecule has 0 spiro atoms. The number of halogens is 1. The molecule has 1 aromatic heterocycles. The molecule has 142 valence electrons. The van der Waals surface area contributed by atoms with Gasteiger partial charge in [0.2, 0.25) is 0 Å². The quantitative estimate of drug-likeness (QED) is 0.356. The van der Waals surface area contributed by atoms with Gasteiger partial charge in [0.15, 0.2) is 0 Å². The van der Waals surface area contributed by atoms with Gasteiger partial charge in [0, 0.05) is 5.56 Å². The van der Waals surface area contributed by atoms with Gasteiger partial charge in [-0.2, -0.15) is 10.2 Å². The summed E-state index contributed by atoms with van der Waals surface area (Å²) >= 11 is 6.12. The molecule has 0 atom stereocenters. The monoisotopic (exact) mass is 400 g/mol. The van der Waals surface area contributed by atoms with Crippen LogP contribution in [0.5, 0.6) is 0 Å². The third-order valence-electron chi connectivity index (χ3n) is 4.33. The molecule has 2 N–H and O–H groups in total. The summed E-state index contributed by atoms with van der Waals surface area (Å²) in [6.07, 6.45) is 3.14. The Balaban J connectivity index is 1.43. The second-order valence-corrected chi connectivity index (χ2v) is 6.80. The number of allylic oxidation sites excluding steroid dienone is 1. The van der Waals surface area contributed by atoms with Gasteiger partial charge in [-0.25, -0.2) is 5.43 Å². The maximum absolute atomic E-state index is 12.3. The summed E-state index contributed by atoms with van der Waals surface area (Å²) in [7, 11) is 0. The van der Waals surface area contributed by atoms with Crippen LogP contribution in [0.15, 0.2) is 89.0 Å². The van der Waals surface area contributed by atoms with Gasteiger partial charge in [0.25, 0.3) is 5.91 Å². The SMILES string of the molecule is O=C(NN=CC(Cl)=Cc1ccccc1)c1cc(-c2ccc3ccccc3c2)n[nH]1. The molecule has 0 unspecified atom stereocenters. The van der Waals surface area contributed by atoms with Crippen molar-refractivity contribution < 1.29 is 4.79 Å². The number of hydrazone groups is 1. The van der Waals surface area contributed by atoms with Crippen molar-refractivity contribution in [2.24, 2.45) is 5.10 Å². The van der Waals surface area contributed by atoms with Crippen LogP contribution in [0.2, 0.25) is 0 Å². The van der Waals surface area contributed by atoms with Crippen LogP contribution in [0.4, 0.5) is 0 Å². The van der Waals surface area contributed by atoms with Gasteiger partial charge in [-0.05, 0) is 34.5 Å². The van der Waals surface area contributed by atoms with Crippen molar-refractivity contribution in [3.63, 3.8) is 0 Å². The summed E-state index contributed by atoms with van der Waals surface area (Å²) in [4.78, 5) is 12.3. The van der Waals surface area contributed by atoms with E-state index in [1.165, 1.54) is 6.21 Å². The van der Waals surface area contributed by atoms with Crippen LogP contribution < -0.4 is 5.43 Å². The molecule has 6 heteroatoms. The molecule has 0 fully saturated rings. The third kappa shape index (κ3) is 4.59. The average Bonchev–Trinajstić information content (AvgIpc) is 3.24. The molecule has 3 aromatic carbocycles. The van der Waals surface area contributed by atoms with Crippen LogP contribution in [0.25, 0.3) is 28.1 Å². The minimum Gasteiger partial charge on any atom is -0.272 e. The van der Waals surface area contributed by atoms with Crippen LogP contribution >= 0.6 is 11.6 Å². The highest BCUT2D eigenvalue weighted by atomic mass is 35.5. The standard InChI is InChI=1S/C23H17ClN4O/c24-20(12-16-6-2-1-3-7-16)15-25-28-23(29)22-14-21(26-27-22)19-11-10-17-8-4-5-9-18(17)13-19/h1-15H,(H,26,27)(H,28,29). The Morgan fingerprint density at radius 2 is 1.72 bits per heavy atom. The van der Waals surface area contributed by atoms with Crippen LogP contribution in [0.1, 0.15) is 16.1 Å². The molecule has 0 radical (unpaired) electrons. The fraction of sp³-hybridized carbons (Fsp3) is 0. The highest BCUT2D eigenvalue weighted by Gasteiger charge is 2.10. The predicted molar refractivity (Wildman–Crippen MR) is 118 cm³/mol. The fourth-order valence-electron chi connectivity index (χ4n) is 2.89. The summed E-state index contributed by atoms with van der Waals surface area (Å²) in [5.41, 5.74) is 5.32. The molecular weight excluding hydrogens is 384 g/mol. The average molecular weight is 401 g/mol. The van der Waals surface area contributed by atoms with Crippen molar-refractivity contribution in [2.45, 2.75) is 0 Å². The number of amides is 1. The van der Waals surface area contributed by atoms with Crippen LogP contribution in [-0.4, -0.2) is 22.3 Å². The number of nitrogens with one attached hydrogen (secondary N) is 2. The van der Waals surface area contributed by atoms with E-state index in [4.69, 9.17) is 11.6 Å². The zero-order valence-corrected chi connectivity index (χ0v) is 16.1. The normalized spacial score (nSPS) is 11.8. The molecule has 4 rings (SSSR count). The molecule has 0 bridgehead atoms. The molecule has 0 saturated heterocycles. The van der Waals surface area contributed by atoms with E-state index in [0.29, 0.717) is 16.4 Å². The van der Waals surface area contributed by atoms with Crippen LogP contribution in [-0.2, 0) is 0 Å². The molecule has 1 amide bonds. The number of carbonyl (C=O) groups is 1. The van der Waals surface area contributed by atoms with Gasteiger partial charge in [-0.1, -0.05) is 78.3 Å². The zero-order valence-electron chi connectivity index (χ0n) is 15.3. The van der Waals surface area contributed by atoms with E-state index in [2.05, 4.69) is 26.8 Å². The van der Waals surface area contributed by atoms with E-state index in [-0.39, 0.29) is 0 Å². The first kappa shape index (κ1) is 18.7. The maximum Gasteiger partial charge on any atom is 0.289 e. The number of benzene rings is 3. The molecule has 4 aromatic rings. The summed E-state index contributed by atoms with van der Waals surface area (Å²) in [6.45, 7) is 0. The number of aromatic amines is 1. The summed E-state index contributed by atoms with van der Waals surface area (Å²) in [5, 5.41) is 13.5. The summed E-state index contributed by atoms with van der Waals surface area (Å²) in [5.74, 6) is -0.398. The smallest absolute Gasteiger partial charge is 0.272 e. The molecular formula is C23H17ClN4O. The Morgan fingerprint density at radius 3 is 2.55 bits per heavy atom. The number of nitrogens with zero attached hydrogens (tertiary/aromatic N) is 2. The Bertz CT molecular complexity index is 1210. The van der Waals surface area contributed by atoms with Gasteiger partial charge in [-0.3, -0.25) is 9.89 Å². The minimum atomic E-state index is -0.398. The van der Waals surface area contributed by atoms with Crippen molar-refractivity contribution in [2.75, 3.05) is 0 Å². The van der Waals surface area contributed by atoms with Crippen molar-refractivity contribution in [3.8, 4) is 11.3 Å². The summed E-state index contributed by atoms with van der Waals surface area (Å²) in [6, 6.07) is 25.4. The van der Waals surface area contributed by atoms with Gasteiger partial charge >= 0.3 is 0 Å². The van der Waals surface area contributed by atoms with Crippen molar-refractivity contribution >= 4 is 40.6 Å². The molecule has 0 aliphatic heterocycles. The Kier molecular flexibility index (Phi) is 5.49. The van der Waals surface area contributed by atoms with E-state index in [1.807, 2.05) is 66.7 Å². The predicted octanol–water partition coefficient (Wildman–Crippen LogP) is 5.23. The first-order valence-electron chi connectivity index (χ1n) is 8.99. The van der Waals surface area contributed by atoms with E-state index in [0.717, 1.165) is 21.9 Å². The number of hydrogen-bond acceptors (Lipinski definition) is 3. The number of aromatic nitrogens is 2. The first-order valence-corrected chi connectivity index (χ1v) is 9.37. The Labute approximate surface area is 172 Å². The van der Waals surface area contributed by atoms with Crippen LogP contribution in [0.3, 0.4) is 0 Å². The largest absolute Gasteiger partial charge is 0.289 e.